The normalized spacial score (nSPS) is 16.2. The van der Waals surface area contributed by atoms with E-state index >= 15 is 0 Å². The second-order valence-electron chi connectivity index (χ2n) is 4.85. The first-order valence-corrected chi connectivity index (χ1v) is 6.43. The predicted octanol–water partition coefficient (Wildman–Crippen LogP) is 2.63. The topological polar surface area (TPSA) is 55.1 Å². The molecule has 4 nitrogen and oxygen atoms in total. The number of oxazole rings is 1. The molecule has 0 aliphatic heterocycles. The van der Waals surface area contributed by atoms with Crippen LogP contribution in [0, 0.1) is 5.92 Å². The fourth-order valence-electron chi connectivity index (χ4n) is 2.53. The molecule has 4 heteroatoms. The van der Waals surface area contributed by atoms with E-state index in [1.807, 2.05) is 18.2 Å². The maximum atomic E-state index is 11.9. The quantitative estimate of drug-likeness (QED) is 0.903. The highest BCUT2D eigenvalue weighted by Crippen LogP contribution is 2.24. The average Bonchev–Trinajstić information content (AvgIpc) is 3.05. The molecule has 0 unspecified atom stereocenters. The fourth-order valence-corrected chi connectivity index (χ4v) is 2.53. The lowest BCUT2D eigenvalue weighted by Gasteiger charge is -2.10. The third kappa shape index (κ3) is 2.23. The lowest BCUT2D eigenvalue weighted by atomic mass is 10.1. The maximum Gasteiger partial charge on any atom is 0.223 e. The van der Waals surface area contributed by atoms with Gasteiger partial charge in [0.15, 0.2) is 12.0 Å². The van der Waals surface area contributed by atoms with Crippen LogP contribution in [0.15, 0.2) is 29.0 Å². The number of carbonyl (C=O) groups excluding carboxylic acids is 1. The van der Waals surface area contributed by atoms with E-state index in [1.54, 1.807) is 0 Å². The number of rotatable bonds is 3. The Labute approximate surface area is 105 Å². The molecule has 1 amide bonds. The largest absolute Gasteiger partial charge is 0.443 e. The van der Waals surface area contributed by atoms with Crippen LogP contribution in [-0.4, -0.2) is 10.9 Å². The number of amides is 1. The van der Waals surface area contributed by atoms with E-state index in [9.17, 15) is 4.79 Å². The molecule has 1 fully saturated rings. The minimum Gasteiger partial charge on any atom is -0.443 e. The summed E-state index contributed by atoms with van der Waals surface area (Å²) < 4.78 is 5.24. The minimum absolute atomic E-state index is 0.185. The molecule has 18 heavy (non-hydrogen) atoms. The molecule has 1 aliphatic carbocycles. The van der Waals surface area contributed by atoms with E-state index in [4.69, 9.17) is 4.42 Å². The number of nitrogens with zero attached hydrogens (tertiary/aromatic N) is 1. The summed E-state index contributed by atoms with van der Waals surface area (Å²) in [6.45, 7) is 0.561. The van der Waals surface area contributed by atoms with Crippen LogP contribution >= 0.6 is 0 Å². The van der Waals surface area contributed by atoms with Crippen LogP contribution in [0.4, 0.5) is 0 Å². The Morgan fingerprint density at radius 2 is 2.22 bits per heavy atom. The first kappa shape index (κ1) is 11.3. The first-order valence-electron chi connectivity index (χ1n) is 6.43. The summed E-state index contributed by atoms with van der Waals surface area (Å²) in [5, 5.41) is 3.00. The third-order valence-electron chi connectivity index (χ3n) is 3.59. The zero-order chi connectivity index (χ0) is 12.4. The van der Waals surface area contributed by atoms with Gasteiger partial charge in [-0.25, -0.2) is 4.98 Å². The molecule has 3 rings (SSSR count). The van der Waals surface area contributed by atoms with Crippen LogP contribution in [0.2, 0.25) is 0 Å². The second-order valence-corrected chi connectivity index (χ2v) is 4.85. The molecule has 1 aromatic heterocycles. The van der Waals surface area contributed by atoms with Gasteiger partial charge in [0, 0.05) is 12.5 Å². The van der Waals surface area contributed by atoms with Gasteiger partial charge in [-0.1, -0.05) is 18.9 Å². The zero-order valence-corrected chi connectivity index (χ0v) is 10.2. The van der Waals surface area contributed by atoms with Gasteiger partial charge in [-0.15, -0.1) is 0 Å². The van der Waals surface area contributed by atoms with Crippen LogP contribution in [0.3, 0.4) is 0 Å². The number of hydrogen-bond donors (Lipinski definition) is 1. The molecule has 0 atom stereocenters. The van der Waals surface area contributed by atoms with Gasteiger partial charge >= 0.3 is 0 Å². The number of aromatic nitrogens is 1. The highest BCUT2D eigenvalue weighted by atomic mass is 16.3. The molecule has 1 saturated carbocycles. The lowest BCUT2D eigenvalue weighted by Crippen LogP contribution is -2.28. The Morgan fingerprint density at radius 1 is 1.39 bits per heavy atom. The summed E-state index contributed by atoms with van der Waals surface area (Å²) in [4.78, 5) is 15.9. The average molecular weight is 244 g/mol. The van der Waals surface area contributed by atoms with Crippen LogP contribution in [0.5, 0.6) is 0 Å². The molecule has 1 aliphatic rings. The Balaban J connectivity index is 1.63. The van der Waals surface area contributed by atoms with E-state index in [2.05, 4.69) is 10.3 Å². The lowest BCUT2D eigenvalue weighted by molar-refractivity contribution is -0.124. The van der Waals surface area contributed by atoms with Gasteiger partial charge < -0.3 is 9.73 Å². The van der Waals surface area contributed by atoms with Gasteiger partial charge in [0.2, 0.25) is 5.91 Å². The van der Waals surface area contributed by atoms with Crippen molar-refractivity contribution in [1.82, 2.24) is 10.3 Å². The molecule has 94 valence electrons. The van der Waals surface area contributed by atoms with Gasteiger partial charge in [0.1, 0.15) is 5.52 Å². The first-order chi connectivity index (χ1) is 8.83. The Bertz CT molecular complexity index is 556. The van der Waals surface area contributed by atoms with Gasteiger partial charge in [-0.2, -0.15) is 0 Å². The number of carbonyl (C=O) groups is 1. The number of benzene rings is 1. The van der Waals surface area contributed by atoms with Crippen molar-refractivity contribution in [2.24, 2.45) is 5.92 Å². The summed E-state index contributed by atoms with van der Waals surface area (Å²) in [6, 6.07) is 5.81. The number of nitrogens with one attached hydrogen (secondary N) is 1. The van der Waals surface area contributed by atoms with E-state index in [0.29, 0.717) is 6.54 Å². The van der Waals surface area contributed by atoms with Gasteiger partial charge in [-0.05, 0) is 30.5 Å². The molecule has 0 saturated heterocycles. The van der Waals surface area contributed by atoms with Gasteiger partial charge in [-0.3, -0.25) is 4.79 Å². The van der Waals surface area contributed by atoms with Crippen LogP contribution in [-0.2, 0) is 11.3 Å². The smallest absolute Gasteiger partial charge is 0.223 e. The van der Waals surface area contributed by atoms with Crippen molar-refractivity contribution in [3.05, 3.63) is 30.2 Å². The van der Waals surface area contributed by atoms with Crippen LogP contribution in [0.25, 0.3) is 11.1 Å². The maximum absolute atomic E-state index is 11.9. The number of fused-ring (bicyclic) bond motifs is 1. The molecule has 1 heterocycles. The van der Waals surface area contributed by atoms with Crippen LogP contribution in [0.1, 0.15) is 31.2 Å². The zero-order valence-electron chi connectivity index (χ0n) is 10.2. The predicted molar refractivity (Wildman–Crippen MR) is 67.8 cm³/mol. The molecular formula is C14H16N2O2. The second kappa shape index (κ2) is 4.80. The molecule has 1 N–H and O–H groups in total. The van der Waals surface area contributed by atoms with E-state index in [-0.39, 0.29) is 11.8 Å². The fraction of sp³-hybridized carbons (Fsp3) is 0.429. The summed E-state index contributed by atoms with van der Waals surface area (Å²) in [5.74, 6) is 0.407. The van der Waals surface area contributed by atoms with Crippen molar-refractivity contribution in [2.75, 3.05) is 0 Å². The van der Waals surface area contributed by atoms with Gasteiger partial charge in [0.05, 0.1) is 0 Å². The Morgan fingerprint density at radius 3 is 3.06 bits per heavy atom. The van der Waals surface area contributed by atoms with Crippen molar-refractivity contribution >= 4 is 17.0 Å². The summed E-state index contributed by atoms with van der Waals surface area (Å²) >= 11 is 0. The SMILES string of the molecule is O=C(NCc1ccc2ncoc2c1)C1CCCC1. The van der Waals surface area contributed by atoms with Gasteiger partial charge in [0.25, 0.3) is 0 Å². The third-order valence-corrected chi connectivity index (χ3v) is 3.59. The van der Waals surface area contributed by atoms with E-state index < -0.39 is 0 Å². The standard InChI is InChI=1S/C14H16N2O2/c17-14(11-3-1-2-4-11)15-8-10-5-6-12-13(7-10)18-9-16-12/h5-7,9,11H,1-4,8H2,(H,15,17). The van der Waals surface area contributed by atoms with Crippen molar-refractivity contribution in [1.29, 1.82) is 0 Å². The van der Waals surface area contributed by atoms with E-state index in [0.717, 1.165) is 29.5 Å². The van der Waals surface area contributed by atoms with Crippen molar-refractivity contribution in [2.45, 2.75) is 32.2 Å². The summed E-state index contributed by atoms with van der Waals surface area (Å²) in [5.41, 5.74) is 2.66. The molecule has 0 radical (unpaired) electrons. The Hall–Kier alpha value is -1.84. The molecule has 0 bridgehead atoms. The summed E-state index contributed by atoms with van der Waals surface area (Å²) in [7, 11) is 0. The van der Waals surface area contributed by atoms with Crippen LogP contribution < -0.4 is 5.32 Å². The monoisotopic (exact) mass is 244 g/mol. The molecule has 2 aromatic rings. The summed E-state index contributed by atoms with van der Waals surface area (Å²) in [6.07, 6.45) is 5.87. The van der Waals surface area contributed by atoms with Crippen molar-refractivity contribution in [3.8, 4) is 0 Å². The minimum atomic E-state index is 0.185. The Kier molecular flexibility index (Phi) is 3.00. The molecular weight excluding hydrogens is 228 g/mol. The molecule has 0 spiro atoms. The highest BCUT2D eigenvalue weighted by molar-refractivity contribution is 5.79. The molecule has 1 aromatic carbocycles. The van der Waals surface area contributed by atoms with E-state index in [1.165, 1.54) is 19.2 Å². The van der Waals surface area contributed by atoms with Crippen molar-refractivity contribution in [3.63, 3.8) is 0 Å². The van der Waals surface area contributed by atoms with Crippen molar-refractivity contribution < 1.29 is 9.21 Å². The number of hydrogen-bond acceptors (Lipinski definition) is 3. The highest BCUT2D eigenvalue weighted by Gasteiger charge is 2.22.